The van der Waals surface area contributed by atoms with E-state index in [2.05, 4.69) is 21.2 Å². The second-order valence-electron chi connectivity index (χ2n) is 3.75. The van der Waals surface area contributed by atoms with Crippen molar-refractivity contribution in [2.45, 2.75) is 11.8 Å². The molecule has 0 aromatic heterocycles. The number of ether oxygens (including phenoxy) is 1. The molecule has 0 saturated carbocycles. The van der Waals surface area contributed by atoms with Gasteiger partial charge in [-0.25, -0.2) is 4.39 Å². The summed E-state index contributed by atoms with van der Waals surface area (Å²) in [5, 5.41) is 2.64. The second-order valence-corrected chi connectivity index (χ2v) is 5.04. The first-order valence-electron chi connectivity index (χ1n) is 5.22. The molecule has 5 heteroatoms. The molecule has 1 rings (SSSR count). The van der Waals surface area contributed by atoms with E-state index in [0.717, 1.165) is 5.56 Å². The molecule has 0 spiro atoms. The van der Waals surface area contributed by atoms with Gasteiger partial charge in [0.2, 0.25) is 0 Å². The van der Waals surface area contributed by atoms with Crippen LogP contribution in [0, 0.1) is 12.7 Å². The number of benzene rings is 1. The molecule has 1 unspecified atom stereocenters. The third-order valence-electron chi connectivity index (χ3n) is 2.20. The maximum atomic E-state index is 13.5. The molecule has 3 nitrogen and oxygen atoms in total. The first kappa shape index (κ1) is 14.1. The van der Waals surface area contributed by atoms with E-state index in [1.165, 1.54) is 12.1 Å². The number of nitrogens with one attached hydrogen (secondary N) is 1. The van der Waals surface area contributed by atoms with E-state index in [-0.39, 0.29) is 10.4 Å². The lowest BCUT2D eigenvalue weighted by Gasteiger charge is -2.10. The molecule has 1 aromatic rings. The maximum absolute atomic E-state index is 13.5. The van der Waals surface area contributed by atoms with E-state index in [4.69, 9.17) is 4.74 Å². The Kier molecular flexibility index (Phi) is 5.58. The van der Waals surface area contributed by atoms with Gasteiger partial charge < -0.3 is 10.1 Å². The highest BCUT2D eigenvalue weighted by molar-refractivity contribution is 9.09. The van der Waals surface area contributed by atoms with E-state index < -0.39 is 11.7 Å². The van der Waals surface area contributed by atoms with Crippen molar-refractivity contribution >= 4 is 21.8 Å². The lowest BCUT2D eigenvalue weighted by atomic mass is 10.1. The second kappa shape index (κ2) is 6.71. The van der Waals surface area contributed by atoms with E-state index in [1.807, 2.05) is 0 Å². The van der Waals surface area contributed by atoms with Crippen LogP contribution in [0.2, 0.25) is 0 Å². The average molecular weight is 304 g/mol. The number of aryl methyl sites for hydroxylation is 1. The van der Waals surface area contributed by atoms with E-state index in [1.54, 1.807) is 20.1 Å². The Morgan fingerprint density at radius 1 is 1.59 bits per heavy atom. The van der Waals surface area contributed by atoms with E-state index in [9.17, 15) is 9.18 Å². The van der Waals surface area contributed by atoms with Crippen molar-refractivity contribution in [3.8, 4) is 0 Å². The van der Waals surface area contributed by atoms with Gasteiger partial charge in [-0.3, -0.25) is 4.79 Å². The van der Waals surface area contributed by atoms with Crippen molar-refractivity contribution in [3.63, 3.8) is 0 Å². The highest BCUT2D eigenvalue weighted by Crippen LogP contribution is 2.09. The molecule has 94 valence electrons. The van der Waals surface area contributed by atoms with Gasteiger partial charge >= 0.3 is 0 Å². The molecule has 0 aliphatic carbocycles. The molecule has 1 atom stereocenters. The number of rotatable bonds is 5. The van der Waals surface area contributed by atoms with Crippen molar-refractivity contribution in [1.82, 2.24) is 5.32 Å². The standard InChI is InChI=1S/C12H15BrFNO2/c1-8-3-4-10(11(14)5-8)12(16)15-6-9(13)7-17-2/h3-5,9H,6-7H2,1-2H3,(H,15,16). The van der Waals surface area contributed by atoms with Gasteiger partial charge in [0, 0.05) is 13.7 Å². The van der Waals surface area contributed by atoms with E-state index >= 15 is 0 Å². The Bertz CT molecular complexity index is 398. The summed E-state index contributed by atoms with van der Waals surface area (Å²) >= 11 is 3.34. The Morgan fingerprint density at radius 2 is 2.29 bits per heavy atom. The van der Waals surface area contributed by atoms with Gasteiger partial charge in [0.15, 0.2) is 0 Å². The smallest absolute Gasteiger partial charge is 0.254 e. The topological polar surface area (TPSA) is 38.3 Å². The molecule has 0 radical (unpaired) electrons. The molecular formula is C12H15BrFNO2. The predicted octanol–water partition coefficient (Wildman–Crippen LogP) is 2.27. The molecule has 0 fully saturated rings. The van der Waals surface area contributed by atoms with Crippen LogP contribution in [0.25, 0.3) is 0 Å². The average Bonchev–Trinajstić information content (AvgIpc) is 2.26. The van der Waals surface area contributed by atoms with Crippen LogP contribution in [-0.2, 0) is 4.74 Å². The largest absolute Gasteiger partial charge is 0.383 e. The lowest BCUT2D eigenvalue weighted by molar-refractivity contribution is 0.0946. The van der Waals surface area contributed by atoms with Gasteiger partial charge in [-0.1, -0.05) is 22.0 Å². The molecule has 0 aliphatic heterocycles. The molecule has 1 amide bonds. The van der Waals surface area contributed by atoms with Gasteiger partial charge in [-0.05, 0) is 24.6 Å². The molecular weight excluding hydrogens is 289 g/mol. The summed E-state index contributed by atoms with van der Waals surface area (Å²) in [6, 6.07) is 4.54. The Morgan fingerprint density at radius 3 is 2.88 bits per heavy atom. The minimum Gasteiger partial charge on any atom is -0.383 e. The Hall–Kier alpha value is -0.940. The highest BCUT2D eigenvalue weighted by atomic mass is 79.9. The van der Waals surface area contributed by atoms with Crippen LogP contribution >= 0.6 is 15.9 Å². The lowest BCUT2D eigenvalue weighted by Crippen LogP contribution is -2.31. The molecule has 0 saturated heterocycles. The Labute approximate surface area is 108 Å². The van der Waals surface area contributed by atoms with Crippen molar-refractivity contribution in [2.24, 2.45) is 0 Å². The van der Waals surface area contributed by atoms with Crippen molar-refractivity contribution in [3.05, 3.63) is 35.1 Å². The van der Waals surface area contributed by atoms with Crippen LogP contribution < -0.4 is 5.32 Å². The molecule has 0 bridgehead atoms. The monoisotopic (exact) mass is 303 g/mol. The first-order valence-corrected chi connectivity index (χ1v) is 6.13. The number of hydrogen-bond donors (Lipinski definition) is 1. The predicted molar refractivity (Wildman–Crippen MR) is 68.1 cm³/mol. The molecule has 1 N–H and O–H groups in total. The van der Waals surface area contributed by atoms with Crippen LogP contribution in [0.15, 0.2) is 18.2 Å². The number of hydrogen-bond acceptors (Lipinski definition) is 2. The van der Waals surface area contributed by atoms with Crippen LogP contribution in [-0.4, -0.2) is 31.0 Å². The SMILES string of the molecule is COCC(Br)CNC(=O)c1ccc(C)cc1F. The Balaban J connectivity index is 2.58. The highest BCUT2D eigenvalue weighted by Gasteiger charge is 2.12. The summed E-state index contributed by atoms with van der Waals surface area (Å²) in [6.45, 7) is 2.65. The number of carbonyl (C=O) groups excluding carboxylic acids is 1. The minimum atomic E-state index is -0.500. The zero-order chi connectivity index (χ0) is 12.8. The summed E-state index contributed by atoms with van der Waals surface area (Å²) in [4.78, 5) is 11.7. The van der Waals surface area contributed by atoms with Crippen molar-refractivity contribution in [2.75, 3.05) is 20.3 Å². The van der Waals surface area contributed by atoms with Crippen LogP contribution in [0.5, 0.6) is 0 Å². The van der Waals surface area contributed by atoms with E-state index in [0.29, 0.717) is 13.2 Å². The number of carbonyl (C=O) groups is 1. The van der Waals surface area contributed by atoms with Gasteiger partial charge in [-0.15, -0.1) is 0 Å². The normalized spacial score (nSPS) is 12.2. The zero-order valence-electron chi connectivity index (χ0n) is 9.80. The third kappa shape index (κ3) is 4.44. The van der Waals surface area contributed by atoms with Crippen molar-refractivity contribution in [1.29, 1.82) is 0 Å². The zero-order valence-corrected chi connectivity index (χ0v) is 11.4. The van der Waals surface area contributed by atoms with Gasteiger partial charge in [0.1, 0.15) is 5.82 Å². The number of amides is 1. The van der Waals surface area contributed by atoms with Crippen LogP contribution in [0.4, 0.5) is 4.39 Å². The fourth-order valence-corrected chi connectivity index (χ4v) is 1.77. The summed E-state index contributed by atoms with van der Waals surface area (Å²) in [5.74, 6) is -0.914. The summed E-state index contributed by atoms with van der Waals surface area (Å²) in [5.41, 5.74) is 0.851. The summed E-state index contributed by atoms with van der Waals surface area (Å²) in [7, 11) is 1.58. The summed E-state index contributed by atoms with van der Waals surface area (Å²) in [6.07, 6.45) is 0. The molecule has 1 aromatic carbocycles. The number of methoxy groups -OCH3 is 1. The van der Waals surface area contributed by atoms with Gasteiger partial charge in [0.25, 0.3) is 5.91 Å². The fraction of sp³-hybridized carbons (Fsp3) is 0.417. The summed E-state index contributed by atoms with van der Waals surface area (Å²) < 4.78 is 18.4. The maximum Gasteiger partial charge on any atom is 0.254 e. The minimum absolute atomic E-state index is 0.0185. The van der Waals surface area contributed by atoms with Crippen LogP contribution in [0.1, 0.15) is 15.9 Å². The third-order valence-corrected chi connectivity index (χ3v) is 2.79. The molecule has 0 aliphatic rings. The number of alkyl halides is 1. The fourth-order valence-electron chi connectivity index (χ4n) is 1.34. The van der Waals surface area contributed by atoms with Gasteiger partial charge in [0.05, 0.1) is 17.0 Å². The quantitative estimate of drug-likeness (QED) is 0.848. The van der Waals surface area contributed by atoms with Crippen molar-refractivity contribution < 1.29 is 13.9 Å². The molecule has 0 heterocycles. The molecule has 17 heavy (non-hydrogen) atoms. The first-order chi connectivity index (χ1) is 8.04. The van der Waals surface area contributed by atoms with Crippen LogP contribution in [0.3, 0.4) is 0 Å². The van der Waals surface area contributed by atoms with Gasteiger partial charge in [-0.2, -0.15) is 0 Å². The number of halogens is 2.